The Balaban J connectivity index is 2.22. The average Bonchev–Trinajstić information content (AvgIpc) is 3.00. The zero-order chi connectivity index (χ0) is 15.5. The molecule has 1 heterocycles. The van der Waals surface area contributed by atoms with Crippen molar-refractivity contribution in [3.8, 4) is 16.9 Å². The zero-order valence-electron chi connectivity index (χ0n) is 11.9. The number of carbonyl (C=O) groups excluding carboxylic acids is 1. The van der Waals surface area contributed by atoms with Gasteiger partial charge in [-0.15, -0.1) is 0 Å². The third-order valence-corrected chi connectivity index (χ3v) is 3.57. The Labute approximate surface area is 132 Å². The van der Waals surface area contributed by atoms with E-state index in [-0.39, 0.29) is 5.69 Å². The SMILES string of the molecule is COC(=O)c1cc(-c2ccccc2)n(-c2ccccc2Cl)n1. The third kappa shape index (κ3) is 2.61. The molecule has 0 radical (unpaired) electrons. The minimum absolute atomic E-state index is 0.237. The molecule has 0 amide bonds. The van der Waals surface area contributed by atoms with Crippen molar-refractivity contribution in [2.24, 2.45) is 0 Å². The maximum atomic E-state index is 11.8. The summed E-state index contributed by atoms with van der Waals surface area (Å²) in [4.78, 5) is 11.8. The fraction of sp³-hybridized carbons (Fsp3) is 0.0588. The quantitative estimate of drug-likeness (QED) is 0.687. The fourth-order valence-corrected chi connectivity index (χ4v) is 2.42. The first-order valence-corrected chi connectivity index (χ1v) is 7.07. The van der Waals surface area contributed by atoms with Crippen molar-refractivity contribution in [3.63, 3.8) is 0 Å². The van der Waals surface area contributed by atoms with Gasteiger partial charge in [-0.2, -0.15) is 5.10 Å². The Morgan fingerprint density at radius 3 is 2.45 bits per heavy atom. The number of rotatable bonds is 3. The average molecular weight is 313 g/mol. The molecule has 0 atom stereocenters. The second-order valence-electron chi connectivity index (χ2n) is 4.64. The predicted octanol–water partition coefficient (Wildman–Crippen LogP) is 3.98. The summed E-state index contributed by atoms with van der Waals surface area (Å²) in [5, 5.41) is 4.90. The molecule has 0 unspecified atom stereocenters. The summed E-state index contributed by atoms with van der Waals surface area (Å²) >= 11 is 6.26. The number of ether oxygens (including phenoxy) is 1. The normalized spacial score (nSPS) is 10.5. The Bertz CT molecular complexity index is 813. The van der Waals surface area contributed by atoms with Crippen LogP contribution in [0.25, 0.3) is 16.9 Å². The molecule has 0 aliphatic rings. The van der Waals surface area contributed by atoms with E-state index in [0.717, 1.165) is 11.3 Å². The highest BCUT2D eigenvalue weighted by Gasteiger charge is 2.18. The number of esters is 1. The van der Waals surface area contributed by atoms with Crippen LogP contribution < -0.4 is 0 Å². The largest absolute Gasteiger partial charge is 0.464 e. The molecule has 0 spiro atoms. The first kappa shape index (κ1) is 14.4. The number of benzene rings is 2. The molecular formula is C17H13ClN2O2. The van der Waals surface area contributed by atoms with Crippen LogP contribution in [0.15, 0.2) is 60.7 Å². The number of nitrogens with zero attached hydrogens (tertiary/aromatic N) is 2. The maximum absolute atomic E-state index is 11.8. The van der Waals surface area contributed by atoms with Crippen LogP contribution in [0.5, 0.6) is 0 Å². The number of hydrogen-bond donors (Lipinski definition) is 0. The first-order valence-electron chi connectivity index (χ1n) is 6.69. The van der Waals surface area contributed by atoms with Crippen molar-refractivity contribution in [1.29, 1.82) is 0 Å². The molecule has 22 heavy (non-hydrogen) atoms. The van der Waals surface area contributed by atoms with E-state index in [1.54, 1.807) is 16.8 Å². The third-order valence-electron chi connectivity index (χ3n) is 3.25. The van der Waals surface area contributed by atoms with Crippen LogP contribution >= 0.6 is 11.6 Å². The van der Waals surface area contributed by atoms with Crippen LogP contribution in [-0.2, 0) is 4.74 Å². The highest BCUT2D eigenvalue weighted by atomic mass is 35.5. The molecule has 5 heteroatoms. The van der Waals surface area contributed by atoms with Gasteiger partial charge in [0.2, 0.25) is 0 Å². The molecule has 3 aromatic rings. The van der Waals surface area contributed by atoms with Crippen LogP contribution in [0.4, 0.5) is 0 Å². The molecule has 0 saturated heterocycles. The summed E-state index contributed by atoms with van der Waals surface area (Å²) in [6.07, 6.45) is 0. The number of halogens is 1. The van der Waals surface area contributed by atoms with Crippen LogP contribution in [0.1, 0.15) is 10.5 Å². The molecule has 0 fully saturated rings. The van der Waals surface area contributed by atoms with Crippen LogP contribution in [0.3, 0.4) is 0 Å². The van der Waals surface area contributed by atoms with Crippen molar-refractivity contribution in [2.45, 2.75) is 0 Å². The van der Waals surface area contributed by atoms with Gasteiger partial charge in [-0.3, -0.25) is 0 Å². The second-order valence-corrected chi connectivity index (χ2v) is 5.04. The fourth-order valence-electron chi connectivity index (χ4n) is 2.21. The van der Waals surface area contributed by atoms with Gasteiger partial charge in [0.25, 0.3) is 0 Å². The lowest BCUT2D eigenvalue weighted by atomic mass is 10.1. The number of hydrogen-bond acceptors (Lipinski definition) is 3. The van der Waals surface area contributed by atoms with Crippen molar-refractivity contribution < 1.29 is 9.53 Å². The summed E-state index contributed by atoms with van der Waals surface area (Å²) in [7, 11) is 1.33. The van der Waals surface area contributed by atoms with Gasteiger partial charge in [-0.05, 0) is 18.2 Å². The Hall–Kier alpha value is -2.59. The van der Waals surface area contributed by atoms with E-state index in [1.807, 2.05) is 48.5 Å². The molecule has 0 saturated carbocycles. The summed E-state index contributed by atoms with van der Waals surface area (Å²) in [6.45, 7) is 0. The zero-order valence-corrected chi connectivity index (χ0v) is 12.6. The molecule has 0 aliphatic heterocycles. The highest BCUT2D eigenvalue weighted by molar-refractivity contribution is 6.32. The predicted molar refractivity (Wildman–Crippen MR) is 85.3 cm³/mol. The monoisotopic (exact) mass is 312 g/mol. The van der Waals surface area contributed by atoms with Gasteiger partial charge in [-0.25, -0.2) is 9.48 Å². The number of aromatic nitrogens is 2. The van der Waals surface area contributed by atoms with Crippen LogP contribution in [0, 0.1) is 0 Å². The van der Waals surface area contributed by atoms with Gasteiger partial charge >= 0.3 is 5.97 Å². The van der Waals surface area contributed by atoms with Crippen LogP contribution in [-0.4, -0.2) is 22.9 Å². The van der Waals surface area contributed by atoms with Crippen molar-refractivity contribution in [3.05, 3.63) is 71.4 Å². The number of para-hydroxylation sites is 1. The molecule has 2 aromatic carbocycles. The lowest BCUT2D eigenvalue weighted by Crippen LogP contribution is -2.04. The molecule has 3 rings (SSSR count). The topological polar surface area (TPSA) is 44.1 Å². The van der Waals surface area contributed by atoms with Gasteiger partial charge in [-0.1, -0.05) is 54.1 Å². The summed E-state index contributed by atoms with van der Waals surface area (Å²) < 4.78 is 6.42. The van der Waals surface area contributed by atoms with E-state index < -0.39 is 5.97 Å². The standard InChI is InChI=1S/C17H13ClN2O2/c1-22-17(21)14-11-16(12-7-3-2-4-8-12)20(19-14)15-10-6-5-9-13(15)18/h2-11H,1H3. The van der Waals surface area contributed by atoms with Crippen LogP contribution in [0.2, 0.25) is 5.02 Å². The van der Waals surface area contributed by atoms with Gasteiger partial charge in [0.05, 0.1) is 23.5 Å². The minimum atomic E-state index is -0.483. The summed E-state index contributed by atoms with van der Waals surface area (Å²) in [6, 6.07) is 18.7. The maximum Gasteiger partial charge on any atom is 0.358 e. The number of carbonyl (C=O) groups is 1. The van der Waals surface area contributed by atoms with E-state index in [1.165, 1.54) is 7.11 Å². The smallest absolute Gasteiger partial charge is 0.358 e. The summed E-state index contributed by atoms with van der Waals surface area (Å²) in [5.41, 5.74) is 2.65. The van der Waals surface area contributed by atoms with Gasteiger partial charge in [0.1, 0.15) is 0 Å². The Kier molecular flexibility index (Phi) is 3.94. The lowest BCUT2D eigenvalue weighted by molar-refractivity contribution is 0.0593. The van der Waals surface area contributed by atoms with E-state index in [2.05, 4.69) is 5.10 Å². The molecular weight excluding hydrogens is 300 g/mol. The van der Waals surface area contributed by atoms with E-state index in [0.29, 0.717) is 10.7 Å². The molecule has 0 aliphatic carbocycles. The van der Waals surface area contributed by atoms with E-state index in [4.69, 9.17) is 16.3 Å². The number of methoxy groups -OCH3 is 1. The minimum Gasteiger partial charge on any atom is -0.464 e. The van der Waals surface area contributed by atoms with Gasteiger partial charge in [0.15, 0.2) is 5.69 Å². The molecule has 1 aromatic heterocycles. The lowest BCUT2D eigenvalue weighted by Gasteiger charge is -2.09. The molecule has 4 nitrogen and oxygen atoms in total. The van der Waals surface area contributed by atoms with Gasteiger partial charge < -0.3 is 4.74 Å². The van der Waals surface area contributed by atoms with Crippen molar-refractivity contribution in [1.82, 2.24) is 9.78 Å². The van der Waals surface area contributed by atoms with E-state index >= 15 is 0 Å². The Morgan fingerprint density at radius 2 is 1.77 bits per heavy atom. The summed E-state index contributed by atoms with van der Waals surface area (Å²) in [5.74, 6) is -0.483. The highest BCUT2D eigenvalue weighted by Crippen LogP contribution is 2.27. The Morgan fingerprint density at radius 1 is 1.09 bits per heavy atom. The van der Waals surface area contributed by atoms with E-state index in [9.17, 15) is 4.79 Å². The van der Waals surface area contributed by atoms with Crippen molar-refractivity contribution in [2.75, 3.05) is 7.11 Å². The molecule has 110 valence electrons. The van der Waals surface area contributed by atoms with Gasteiger partial charge in [0, 0.05) is 5.56 Å². The second kappa shape index (κ2) is 6.03. The first-order chi connectivity index (χ1) is 10.7. The van der Waals surface area contributed by atoms with Crippen molar-refractivity contribution >= 4 is 17.6 Å². The molecule has 0 N–H and O–H groups in total. The molecule has 0 bridgehead atoms.